The molecule has 0 radical (unpaired) electrons. The Labute approximate surface area is 185 Å². The first-order chi connectivity index (χ1) is 15.6. The molecule has 8 heteroatoms. The number of nitrogens with one attached hydrogen (secondary N) is 2. The van der Waals surface area contributed by atoms with Crippen LogP contribution in [0.4, 0.5) is 5.95 Å². The molecule has 1 saturated heterocycles. The second-order valence-corrected chi connectivity index (χ2v) is 7.71. The van der Waals surface area contributed by atoms with Crippen LogP contribution in [0.25, 0.3) is 11.3 Å². The van der Waals surface area contributed by atoms with Gasteiger partial charge in [0.05, 0.1) is 11.9 Å². The third kappa shape index (κ3) is 5.02. The van der Waals surface area contributed by atoms with Crippen molar-refractivity contribution in [3.8, 4) is 23.1 Å². The van der Waals surface area contributed by atoms with Crippen molar-refractivity contribution in [3.05, 3.63) is 75.6 Å². The molecule has 0 unspecified atom stereocenters. The molecular formula is C24H24N6O2. The average Bonchev–Trinajstić information content (AvgIpc) is 2.82. The van der Waals surface area contributed by atoms with Crippen LogP contribution >= 0.6 is 0 Å². The maximum Gasteiger partial charge on any atom is 0.270 e. The summed E-state index contributed by atoms with van der Waals surface area (Å²) >= 11 is 0. The summed E-state index contributed by atoms with van der Waals surface area (Å²) in [5.41, 5.74) is 4.77. The Hall–Kier alpha value is -3.96. The van der Waals surface area contributed by atoms with Gasteiger partial charge in [0.25, 0.3) is 5.56 Å². The van der Waals surface area contributed by atoms with Gasteiger partial charge in [-0.1, -0.05) is 36.8 Å². The van der Waals surface area contributed by atoms with Crippen LogP contribution in [0.5, 0.6) is 5.75 Å². The second kappa shape index (κ2) is 9.90. The molecule has 0 saturated carbocycles. The van der Waals surface area contributed by atoms with Crippen molar-refractivity contribution >= 4 is 12.2 Å². The van der Waals surface area contributed by atoms with E-state index in [1.54, 1.807) is 30.5 Å². The third-order valence-corrected chi connectivity index (χ3v) is 5.41. The first-order valence-corrected chi connectivity index (χ1v) is 10.6. The quantitative estimate of drug-likeness (QED) is 0.409. The first-order valence-electron chi connectivity index (χ1n) is 10.6. The Morgan fingerprint density at radius 3 is 2.72 bits per heavy atom. The highest BCUT2D eigenvalue weighted by Crippen LogP contribution is 2.22. The first kappa shape index (κ1) is 21.3. The number of nitriles is 1. The number of hydrogen-bond donors (Lipinski definition) is 3. The summed E-state index contributed by atoms with van der Waals surface area (Å²) in [4.78, 5) is 21.6. The van der Waals surface area contributed by atoms with Crippen LogP contribution in [0, 0.1) is 11.3 Å². The van der Waals surface area contributed by atoms with Gasteiger partial charge in [0.2, 0.25) is 5.95 Å². The van der Waals surface area contributed by atoms with Gasteiger partial charge in [0.1, 0.15) is 17.4 Å². The topological polar surface area (TPSA) is 117 Å². The molecule has 1 fully saturated rings. The van der Waals surface area contributed by atoms with E-state index in [-0.39, 0.29) is 17.3 Å². The van der Waals surface area contributed by atoms with Crippen molar-refractivity contribution in [1.82, 2.24) is 14.9 Å². The lowest BCUT2D eigenvalue weighted by molar-refractivity contribution is 0.218. The zero-order chi connectivity index (χ0) is 22.3. The number of aromatic hydroxyl groups is 1. The molecule has 0 amide bonds. The van der Waals surface area contributed by atoms with Crippen LogP contribution in [0.2, 0.25) is 0 Å². The van der Waals surface area contributed by atoms with Crippen molar-refractivity contribution in [2.45, 2.75) is 25.8 Å². The maximum absolute atomic E-state index is 12.3. The molecule has 32 heavy (non-hydrogen) atoms. The Bertz CT molecular complexity index is 1210. The molecule has 3 aromatic rings. The number of phenols is 1. The molecule has 8 nitrogen and oxygen atoms in total. The standard InChI is InChI=1S/C24H24N6O2/c25-14-20-22(18-7-3-1-4-8-18)27-24(28-23(20)32)29-26-15-17-9-10-21(31)19(13-17)16-30-11-5-2-6-12-30/h1,3-4,7-10,13,15,31H,2,5-6,11-12,16H2,(H2,27,28,29,32). The van der Waals surface area contributed by atoms with Gasteiger partial charge in [-0.05, 0) is 49.7 Å². The SMILES string of the molecule is N#Cc1c(-c2ccccc2)nc(NN=Cc2ccc(O)c(CN3CCCCC3)c2)[nH]c1=O. The molecule has 1 aromatic heterocycles. The predicted octanol–water partition coefficient (Wildman–Crippen LogP) is 3.45. The summed E-state index contributed by atoms with van der Waals surface area (Å²) in [5.74, 6) is 0.405. The summed E-state index contributed by atoms with van der Waals surface area (Å²) in [6.07, 6.45) is 5.23. The molecule has 3 N–H and O–H groups in total. The lowest BCUT2D eigenvalue weighted by atomic mass is 10.1. The van der Waals surface area contributed by atoms with Gasteiger partial charge in [-0.15, -0.1) is 0 Å². The van der Waals surface area contributed by atoms with Crippen LogP contribution in [-0.4, -0.2) is 39.3 Å². The minimum Gasteiger partial charge on any atom is -0.508 e. The fourth-order valence-electron chi connectivity index (χ4n) is 3.77. The Kier molecular flexibility index (Phi) is 6.58. The zero-order valence-electron chi connectivity index (χ0n) is 17.6. The Morgan fingerprint density at radius 2 is 1.97 bits per heavy atom. The fourth-order valence-corrected chi connectivity index (χ4v) is 3.77. The number of benzene rings is 2. The van der Waals surface area contributed by atoms with Crippen molar-refractivity contribution in [2.75, 3.05) is 18.5 Å². The van der Waals surface area contributed by atoms with E-state index in [9.17, 15) is 15.2 Å². The fraction of sp³-hybridized carbons (Fsp3) is 0.250. The van der Waals surface area contributed by atoms with Crippen molar-refractivity contribution in [3.63, 3.8) is 0 Å². The summed E-state index contributed by atoms with van der Waals surface area (Å²) in [6.45, 7) is 2.79. The van der Waals surface area contributed by atoms with Gasteiger partial charge in [0.15, 0.2) is 0 Å². The van der Waals surface area contributed by atoms with Gasteiger partial charge >= 0.3 is 0 Å². The van der Waals surface area contributed by atoms with Crippen molar-refractivity contribution < 1.29 is 5.11 Å². The van der Waals surface area contributed by atoms with E-state index < -0.39 is 5.56 Å². The number of phenolic OH excluding ortho intramolecular Hbond substituents is 1. The van der Waals surface area contributed by atoms with E-state index in [1.165, 1.54) is 19.3 Å². The van der Waals surface area contributed by atoms with Crippen LogP contribution in [0.15, 0.2) is 58.4 Å². The highest BCUT2D eigenvalue weighted by molar-refractivity contribution is 5.80. The van der Waals surface area contributed by atoms with Gasteiger partial charge < -0.3 is 5.11 Å². The average molecular weight is 428 g/mol. The monoisotopic (exact) mass is 428 g/mol. The number of piperidine rings is 1. The minimum atomic E-state index is -0.535. The van der Waals surface area contributed by atoms with Gasteiger partial charge in [-0.25, -0.2) is 10.4 Å². The van der Waals surface area contributed by atoms with E-state index >= 15 is 0 Å². The summed E-state index contributed by atoms with van der Waals surface area (Å²) in [6, 6.07) is 16.3. The summed E-state index contributed by atoms with van der Waals surface area (Å²) in [5, 5.41) is 23.8. The van der Waals surface area contributed by atoms with Crippen LogP contribution in [-0.2, 0) is 6.54 Å². The Morgan fingerprint density at radius 1 is 1.19 bits per heavy atom. The van der Waals surface area contributed by atoms with E-state index in [4.69, 9.17) is 0 Å². The lowest BCUT2D eigenvalue weighted by Gasteiger charge is -2.26. The molecular weight excluding hydrogens is 404 g/mol. The van der Waals surface area contributed by atoms with Gasteiger partial charge in [-0.3, -0.25) is 14.7 Å². The molecule has 0 spiro atoms. The number of H-pyrrole nitrogens is 1. The second-order valence-electron chi connectivity index (χ2n) is 7.71. The largest absolute Gasteiger partial charge is 0.508 e. The molecule has 0 atom stereocenters. The zero-order valence-corrected chi connectivity index (χ0v) is 17.6. The van der Waals surface area contributed by atoms with E-state index in [0.717, 1.165) is 24.2 Å². The van der Waals surface area contributed by atoms with Gasteiger partial charge in [-0.2, -0.15) is 10.4 Å². The van der Waals surface area contributed by atoms with Crippen molar-refractivity contribution in [1.29, 1.82) is 5.26 Å². The normalized spacial score (nSPS) is 14.3. The molecule has 1 aliphatic rings. The number of aromatic nitrogens is 2. The number of hydrazone groups is 1. The highest BCUT2D eigenvalue weighted by atomic mass is 16.3. The highest BCUT2D eigenvalue weighted by Gasteiger charge is 2.14. The van der Waals surface area contributed by atoms with Crippen LogP contribution < -0.4 is 11.0 Å². The molecule has 2 heterocycles. The summed E-state index contributed by atoms with van der Waals surface area (Å²) in [7, 11) is 0. The van der Waals surface area contributed by atoms with E-state index in [1.807, 2.05) is 30.3 Å². The molecule has 0 aliphatic carbocycles. The third-order valence-electron chi connectivity index (χ3n) is 5.41. The molecule has 162 valence electrons. The lowest BCUT2D eigenvalue weighted by Crippen LogP contribution is -2.29. The number of aromatic amines is 1. The number of rotatable bonds is 6. The number of likely N-dealkylation sites (tertiary alicyclic amines) is 1. The van der Waals surface area contributed by atoms with E-state index in [0.29, 0.717) is 17.8 Å². The molecule has 2 aromatic carbocycles. The van der Waals surface area contributed by atoms with Gasteiger partial charge in [0, 0.05) is 17.7 Å². The number of anilines is 1. The van der Waals surface area contributed by atoms with Crippen LogP contribution in [0.1, 0.15) is 36.0 Å². The number of nitrogens with zero attached hydrogens (tertiary/aromatic N) is 4. The molecule has 1 aliphatic heterocycles. The van der Waals surface area contributed by atoms with Crippen molar-refractivity contribution in [2.24, 2.45) is 5.10 Å². The molecule has 4 rings (SSSR count). The maximum atomic E-state index is 12.3. The predicted molar refractivity (Wildman–Crippen MR) is 123 cm³/mol. The Balaban J connectivity index is 1.52. The number of hydrogen-bond acceptors (Lipinski definition) is 7. The minimum absolute atomic E-state index is 0.0494. The summed E-state index contributed by atoms with van der Waals surface area (Å²) < 4.78 is 0. The van der Waals surface area contributed by atoms with Crippen LogP contribution in [0.3, 0.4) is 0 Å². The van der Waals surface area contributed by atoms with E-state index in [2.05, 4.69) is 25.4 Å². The molecule has 0 bridgehead atoms. The smallest absolute Gasteiger partial charge is 0.270 e.